The zero-order valence-corrected chi connectivity index (χ0v) is 11.0. The molecule has 0 spiro atoms. The molecule has 1 heterocycles. The van der Waals surface area contributed by atoms with Gasteiger partial charge in [0.05, 0.1) is 5.92 Å². The molecule has 0 saturated carbocycles. The molecule has 2 N–H and O–H groups in total. The van der Waals surface area contributed by atoms with Crippen LogP contribution in [0.15, 0.2) is 0 Å². The molecule has 0 unspecified atom stereocenters. The standard InChI is InChI=1S/C12H22N2O3/c1-5-9-8(10(15)14-9)6-7-13-11(16)17-12(2,3)4/h8-9H,5-7H2,1-4H3,(H,13,16)(H,14,15)/t8-,9+/m0/s1. The molecule has 17 heavy (non-hydrogen) atoms. The van der Waals surface area contributed by atoms with E-state index in [2.05, 4.69) is 10.6 Å². The third-order valence-electron chi connectivity index (χ3n) is 2.71. The average molecular weight is 242 g/mol. The average Bonchev–Trinajstić information content (AvgIpc) is 2.18. The maximum atomic E-state index is 11.3. The van der Waals surface area contributed by atoms with Crippen LogP contribution in [-0.4, -0.2) is 30.2 Å². The van der Waals surface area contributed by atoms with Crippen LogP contribution in [0.5, 0.6) is 0 Å². The summed E-state index contributed by atoms with van der Waals surface area (Å²) in [5.41, 5.74) is -0.482. The van der Waals surface area contributed by atoms with Crippen molar-refractivity contribution in [2.45, 2.75) is 52.2 Å². The van der Waals surface area contributed by atoms with E-state index in [-0.39, 0.29) is 17.9 Å². The minimum atomic E-state index is -0.482. The van der Waals surface area contributed by atoms with Crippen molar-refractivity contribution in [2.75, 3.05) is 6.54 Å². The summed E-state index contributed by atoms with van der Waals surface area (Å²) in [6.45, 7) is 7.97. The molecule has 1 aliphatic rings. The summed E-state index contributed by atoms with van der Waals surface area (Å²) in [6, 6.07) is 0.267. The molecule has 5 nitrogen and oxygen atoms in total. The van der Waals surface area contributed by atoms with Gasteiger partial charge >= 0.3 is 6.09 Å². The molecule has 2 amide bonds. The number of carbonyl (C=O) groups excluding carboxylic acids is 2. The Kier molecular flexibility index (Phi) is 4.37. The van der Waals surface area contributed by atoms with Gasteiger partial charge in [-0.25, -0.2) is 4.79 Å². The van der Waals surface area contributed by atoms with Crippen molar-refractivity contribution in [3.8, 4) is 0 Å². The zero-order valence-electron chi connectivity index (χ0n) is 11.0. The van der Waals surface area contributed by atoms with Gasteiger partial charge in [0, 0.05) is 12.6 Å². The van der Waals surface area contributed by atoms with E-state index in [1.54, 1.807) is 0 Å². The quantitative estimate of drug-likeness (QED) is 0.733. The summed E-state index contributed by atoms with van der Waals surface area (Å²) in [5.74, 6) is 0.123. The van der Waals surface area contributed by atoms with E-state index in [0.717, 1.165) is 6.42 Å². The lowest BCUT2D eigenvalue weighted by Crippen LogP contribution is -2.58. The maximum absolute atomic E-state index is 11.3. The Morgan fingerprint density at radius 1 is 1.47 bits per heavy atom. The van der Waals surface area contributed by atoms with E-state index < -0.39 is 11.7 Å². The highest BCUT2D eigenvalue weighted by atomic mass is 16.6. The van der Waals surface area contributed by atoms with Gasteiger partial charge in [0.15, 0.2) is 0 Å². The predicted octanol–water partition coefficient (Wildman–Crippen LogP) is 1.43. The van der Waals surface area contributed by atoms with Crippen LogP contribution in [0.1, 0.15) is 40.5 Å². The number of amides is 2. The van der Waals surface area contributed by atoms with E-state index in [9.17, 15) is 9.59 Å². The number of β-lactam (4-membered cyclic amide) rings is 1. The third-order valence-corrected chi connectivity index (χ3v) is 2.71. The van der Waals surface area contributed by atoms with Gasteiger partial charge in [0.2, 0.25) is 5.91 Å². The molecule has 0 aromatic carbocycles. The summed E-state index contributed by atoms with van der Waals surface area (Å²) in [4.78, 5) is 22.6. The predicted molar refractivity (Wildman–Crippen MR) is 64.6 cm³/mol. The highest BCUT2D eigenvalue weighted by molar-refractivity contribution is 5.85. The van der Waals surface area contributed by atoms with Crippen LogP contribution in [-0.2, 0) is 9.53 Å². The number of hydrogen-bond acceptors (Lipinski definition) is 3. The molecule has 1 rings (SSSR count). The summed E-state index contributed by atoms with van der Waals surface area (Å²) in [5, 5.41) is 5.50. The van der Waals surface area contributed by atoms with E-state index in [0.29, 0.717) is 13.0 Å². The van der Waals surface area contributed by atoms with Gasteiger partial charge in [-0.3, -0.25) is 4.79 Å². The van der Waals surface area contributed by atoms with Crippen LogP contribution >= 0.6 is 0 Å². The molecule has 1 aliphatic heterocycles. The van der Waals surface area contributed by atoms with Crippen LogP contribution in [0.25, 0.3) is 0 Å². The smallest absolute Gasteiger partial charge is 0.407 e. The minimum Gasteiger partial charge on any atom is -0.444 e. The van der Waals surface area contributed by atoms with Crippen molar-refractivity contribution in [1.29, 1.82) is 0 Å². The number of ether oxygens (including phenoxy) is 1. The van der Waals surface area contributed by atoms with Crippen LogP contribution < -0.4 is 10.6 Å². The molecular weight excluding hydrogens is 220 g/mol. The SMILES string of the molecule is CC[C@H]1NC(=O)[C@H]1CCNC(=O)OC(C)(C)C. The zero-order chi connectivity index (χ0) is 13.1. The van der Waals surface area contributed by atoms with Crippen LogP contribution in [0.2, 0.25) is 0 Å². The van der Waals surface area contributed by atoms with Gasteiger partial charge in [-0.15, -0.1) is 0 Å². The largest absolute Gasteiger partial charge is 0.444 e. The van der Waals surface area contributed by atoms with Gasteiger partial charge in [-0.1, -0.05) is 6.92 Å². The molecule has 1 fully saturated rings. The van der Waals surface area contributed by atoms with Gasteiger partial charge in [0.1, 0.15) is 5.60 Å². The Morgan fingerprint density at radius 3 is 2.59 bits per heavy atom. The van der Waals surface area contributed by atoms with E-state index in [4.69, 9.17) is 4.74 Å². The van der Waals surface area contributed by atoms with E-state index >= 15 is 0 Å². The second-order valence-corrected chi connectivity index (χ2v) is 5.35. The molecule has 0 radical (unpaired) electrons. The summed E-state index contributed by atoms with van der Waals surface area (Å²) < 4.78 is 5.10. The second-order valence-electron chi connectivity index (χ2n) is 5.35. The van der Waals surface area contributed by atoms with E-state index in [1.165, 1.54) is 0 Å². The monoisotopic (exact) mass is 242 g/mol. The Bertz CT molecular complexity index is 297. The Labute approximate surface area is 102 Å². The van der Waals surface area contributed by atoms with Crippen LogP contribution in [0, 0.1) is 5.92 Å². The lowest BCUT2D eigenvalue weighted by molar-refractivity contribution is -0.135. The van der Waals surface area contributed by atoms with Crippen molar-refractivity contribution in [3.63, 3.8) is 0 Å². The van der Waals surface area contributed by atoms with Crippen molar-refractivity contribution < 1.29 is 14.3 Å². The van der Waals surface area contributed by atoms with Crippen LogP contribution in [0.3, 0.4) is 0 Å². The van der Waals surface area contributed by atoms with Crippen molar-refractivity contribution in [3.05, 3.63) is 0 Å². The maximum Gasteiger partial charge on any atom is 0.407 e. The first-order chi connectivity index (χ1) is 7.83. The van der Waals surface area contributed by atoms with Gasteiger partial charge in [0.25, 0.3) is 0 Å². The molecule has 0 aromatic rings. The number of alkyl carbamates (subject to hydrolysis) is 1. The number of rotatable bonds is 4. The molecule has 5 heteroatoms. The topological polar surface area (TPSA) is 67.4 Å². The lowest BCUT2D eigenvalue weighted by atomic mass is 9.86. The minimum absolute atomic E-state index is 0.0370. The second kappa shape index (κ2) is 5.38. The van der Waals surface area contributed by atoms with Crippen LogP contribution in [0.4, 0.5) is 4.79 Å². The fourth-order valence-corrected chi connectivity index (χ4v) is 1.84. The third kappa shape index (κ3) is 4.24. The first kappa shape index (κ1) is 13.8. The van der Waals surface area contributed by atoms with Gasteiger partial charge in [-0.05, 0) is 33.6 Å². The molecular formula is C12H22N2O3. The number of nitrogens with one attached hydrogen (secondary N) is 2. The van der Waals surface area contributed by atoms with Gasteiger partial charge < -0.3 is 15.4 Å². The lowest BCUT2D eigenvalue weighted by Gasteiger charge is -2.36. The molecule has 98 valence electrons. The van der Waals surface area contributed by atoms with E-state index in [1.807, 2.05) is 27.7 Å². The normalized spacial score (nSPS) is 23.6. The number of carbonyl (C=O) groups is 2. The van der Waals surface area contributed by atoms with Crippen molar-refractivity contribution in [1.82, 2.24) is 10.6 Å². The van der Waals surface area contributed by atoms with Crippen molar-refractivity contribution in [2.24, 2.45) is 5.92 Å². The first-order valence-electron chi connectivity index (χ1n) is 6.10. The molecule has 1 saturated heterocycles. The van der Waals surface area contributed by atoms with Crippen molar-refractivity contribution >= 4 is 12.0 Å². The Balaban J connectivity index is 2.19. The highest BCUT2D eigenvalue weighted by Crippen LogP contribution is 2.20. The molecule has 2 atom stereocenters. The fourth-order valence-electron chi connectivity index (χ4n) is 1.84. The fraction of sp³-hybridized carbons (Fsp3) is 0.833. The highest BCUT2D eigenvalue weighted by Gasteiger charge is 2.37. The number of hydrogen-bond donors (Lipinski definition) is 2. The summed E-state index contributed by atoms with van der Waals surface area (Å²) in [7, 11) is 0. The first-order valence-corrected chi connectivity index (χ1v) is 6.10. The molecule has 0 bridgehead atoms. The molecule has 0 aliphatic carbocycles. The Morgan fingerprint density at radius 2 is 2.12 bits per heavy atom. The van der Waals surface area contributed by atoms with Gasteiger partial charge in [-0.2, -0.15) is 0 Å². The Hall–Kier alpha value is -1.26. The summed E-state index contributed by atoms with van der Waals surface area (Å²) in [6.07, 6.45) is 1.18. The molecule has 0 aromatic heterocycles. The summed E-state index contributed by atoms with van der Waals surface area (Å²) >= 11 is 0.